The number of benzene rings is 1. The summed E-state index contributed by atoms with van der Waals surface area (Å²) >= 11 is 2.98. The van der Waals surface area contributed by atoms with E-state index in [1.165, 1.54) is 23.1 Å². The van der Waals surface area contributed by atoms with Gasteiger partial charge in [0, 0.05) is 28.6 Å². The van der Waals surface area contributed by atoms with Crippen LogP contribution in [0.1, 0.15) is 11.4 Å². The molecule has 6 nitrogen and oxygen atoms in total. The van der Waals surface area contributed by atoms with Gasteiger partial charge in [-0.2, -0.15) is 0 Å². The van der Waals surface area contributed by atoms with Crippen LogP contribution in [0.2, 0.25) is 0 Å². The average molecular weight is 355 g/mol. The highest BCUT2D eigenvalue weighted by Crippen LogP contribution is 2.23. The van der Waals surface area contributed by atoms with Gasteiger partial charge in [-0.05, 0) is 19.1 Å². The molecular formula is C16H13N5OS2. The second-order valence-corrected chi connectivity index (χ2v) is 6.97. The number of aromatic nitrogens is 5. The van der Waals surface area contributed by atoms with Gasteiger partial charge in [0.2, 0.25) is 0 Å². The number of thiazole rings is 1. The summed E-state index contributed by atoms with van der Waals surface area (Å²) in [6, 6.07) is 11.5. The van der Waals surface area contributed by atoms with Crippen molar-refractivity contribution < 1.29 is 0 Å². The molecule has 4 aromatic rings. The Hall–Kier alpha value is -2.45. The molecule has 120 valence electrons. The van der Waals surface area contributed by atoms with E-state index in [-0.39, 0.29) is 5.56 Å². The Labute approximate surface area is 145 Å². The molecule has 0 bridgehead atoms. The van der Waals surface area contributed by atoms with Crippen LogP contribution in [0.5, 0.6) is 0 Å². The summed E-state index contributed by atoms with van der Waals surface area (Å²) in [4.78, 5) is 17.5. The van der Waals surface area contributed by atoms with E-state index in [1.54, 1.807) is 16.8 Å². The fourth-order valence-electron chi connectivity index (χ4n) is 2.40. The van der Waals surface area contributed by atoms with Crippen molar-refractivity contribution in [3.8, 4) is 5.69 Å². The van der Waals surface area contributed by atoms with Crippen LogP contribution < -0.4 is 5.56 Å². The number of nitrogens with zero attached hydrogens (tertiary/aromatic N) is 5. The number of hydrogen-bond acceptors (Lipinski definition) is 6. The van der Waals surface area contributed by atoms with Crippen molar-refractivity contribution in [3.63, 3.8) is 0 Å². The van der Waals surface area contributed by atoms with Crippen molar-refractivity contribution in [2.45, 2.75) is 17.8 Å². The van der Waals surface area contributed by atoms with Crippen molar-refractivity contribution in [2.75, 3.05) is 0 Å². The predicted molar refractivity (Wildman–Crippen MR) is 95.0 cm³/mol. The minimum Gasteiger partial charge on any atom is -0.277 e. The molecule has 0 saturated heterocycles. The first-order valence-electron chi connectivity index (χ1n) is 7.27. The Kier molecular flexibility index (Phi) is 3.91. The van der Waals surface area contributed by atoms with Gasteiger partial charge in [-0.3, -0.25) is 13.8 Å². The summed E-state index contributed by atoms with van der Waals surface area (Å²) in [6.07, 6.45) is 1.69. The molecule has 0 atom stereocenters. The van der Waals surface area contributed by atoms with Gasteiger partial charge in [-0.1, -0.05) is 30.0 Å². The Morgan fingerprint density at radius 2 is 2.08 bits per heavy atom. The summed E-state index contributed by atoms with van der Waals surface area (Å²) < 4.78 is 3.55. The second kappa shape index (κ2) is 6.21. The van der Waals surface area contributed by atoms with Crippen molar-refractivity contribution in [1.82, 2.24) is 24.1 Å². The molecule has 0 N–H and O–H groups in total. The van der Waals surface area contributed by atoms with Gasteiger partial charge in [0.25, 0.3) is 5.56 Å². The zero-order valence-corrected chi connectivity index (χ0v) is 14.4. The molecule has 0 fully saturated rings. The molecule has 0 amide bonds. The van der Waals surface area contributed by atoms with Gasteiger partial charge in [-0.25, -0.2) is 4.98 Å². The van der Waals surface area contributed by atoms with Crippen LogP contribution in [-0.2, 0) is 5.75 Å². The maximum absolute atomic E-state index is 12.2. The summed E-state index contributed by atoms with van der Waals surface area (Å²) in [6.45, 7) is 1.91. The van der Waals surface area contributed by atoms with Crippen molar-refractivity contribution >= 4 is 28.1 Å². The number of hydrogen-bond donors (Lipinski definition) is 0. The first kappa shape index (κ1) is 15.1. The number of fused-ring (bicyclic) bond motifs is 1. The fraction of sp³-hybridized carbons (Fsp3) is 0.125. The van der Waals surface area contributed by atoms with Crippen molar-refractivity contribution in [1.29, 1.82) is 0 Å². The molecular weight excluding hydrogens is 342 g/mol. The van der Waals surface area contributed by atoms with Crippen molar-refractivity contribution in [2.24, 2.45) is 0 Å². The zero-order chi connectivity index (χ0) is 16.5. The highest BCUT2D eigenvalue weighted by atomic mass is 32.2. The van der Waals surface area contributed by atoms with Crippen LogP contribution in [0.25, 0.3) is 10.6 Å². The van der Waals surface area contributed by atoms with Gasteiger partial charge in [0.1, 0.15) is 6.33 Å². The van der Waals surface area contributed by atoms with Gasteiger partial charge in [-0.15, -0.1) is 21.5 Å². The lowest BCUT2D eigenvalue weighted by molar-refractivity contribution is 0.882. The molecule has 0 saturated carbocycles. The summed E-state index contributed by atoms with van der Waals surface area (Å²) in [5.41, 5.74) is 2.62. The summed E-state index contributed by atoms with van der Waals surface area (Å²) in [7, 11) is 0. The van der Waals surface area contributed by atoms with E-state index in [1.807, 2.05) is 47.2 Å². The van der Waals surface area contributed by atoms with E-state index in [0.29, 0.717) is 5.75 Å². The number of para-hydroxylation sites is 1. The standard InChI is InChI=1S/C16H13N5OS2/c1-11-8-23-15-18-12(7-14(22)21(11)15)9-24-16-19-17-10-20(16)13-5-3-2-4-6-13/h2-8,10H,9H2,1H3. The van der Waals surface area contributed by atoms with E-state index in [2.05, 4.69) is 15.2 Å². The van der Waals surface area contributed by atoms with Crippen LogP contribution in [0.15, 0.2) is 58.1 Å². The molecule has 0 unspecified atom stereocenters. The lowest BCUT2D eigenvalue weighted by atomic mass is 10.3. The Morgan fingerprint density at radius 1 is 1.25 bits per heavy atom. The highest BCUT2D eigenvalue weighted by Gasteiger charge is 2.10. The molecule has 3 heterocycles. The smallest absolute Gasteiger partial charge is 0.258 e. The normalized spacial score (nSPS) is 11.2. The predicted octanol–water partition coefficient (Wildman–Crippen LogP) is 2.94. The monoisotopic (exact) mass is 355 g/mol. The maximum Gasteiger partial charge on any atom is 0.258 e. The number of thioether (sulfide) groups is 1. The fourth-order valence-corrected chi connectivity index (χ4v) is 4.11. The van der Waals surface area contributed by atoms with E-state index >= 15 is 0 Å². The van der Waals surface area contributed by atoms with Crippen LogP contribution in [0, 0.1) is 6.92 Å². The quantitative estimate of drug-likeness (QED) is 0.527. The molecule has 4 rings (SSSR count). The van der Waals surface area contributed by atoms with Crippen LogP contribution in [0.3, 0.4) is 0 Å². The summed E-state index contributed by atoms with van der Waals surface area (Å²) in [5.74, 6) is 0.564. The minimum absolute atomic E-state index is 0.0427. The minimum atomic E-state index is -0.0427. The van der Waals surface area contributed by atoms with Gasteiger partial charge in [0.15, 0.2) is 10.1 Å². The summed E-state index contributed by atoms with van der Waals surface area (Å²) in [5, 5.41) is 10.9. The number of rotatable bonds is 4. The first-order chi connectivity index (χ1) is 11.7. The first-order valence-corrected chi connectivity index (χ1v) is 9.14. The largest absolute Gasteiger partial charge is 0.277 e. The molecule has 0 radical (unpaired) electrons. The molecule has 0 spiro atoms. The third-order valence-electron chi connectivity index (χ3n) is 3.53. The number of aryl methyl sites for hydroxylation is 1. The third-order valence-corrected chi connectivity index (χ3v) is 5.45. The Morgan fingerprint density at radius 3 is 2.92 bits per heavy atom. The lowest BCUT2D eigenvalue weighted by Crippen LogP contribution is -2.14. The van der Waals surface area contributed by atoms with E-state index in [4.69, 9.17) is 0 Å². The third kappa shape index (κ3) is 2.74. The van der Waals surface area contributed by atoms with E-state index in [0.717, 1.165) is 27.2 Å². The maximum atomic E-state index is 12.2. The van der Waals surface area contributed by atoms with Crippen LogP contribution in [0.4, 0.5) is 0 Å². The molecule has 24 heavy (non-hydrogen) atoms. The molecule has 8 heteroatoms. The Balaban J connectivity index is 1.60. The topological polar surface area (TPSA) is 65.1 Å². The van der Waals surface area contributed by atoms with Crippen molar-refractivity contribution in [3.05, 3.63) is 69.8 Å². The average Bonchev–Trinajstić information content (AvgIpc) is 3.21. The second-order valence-electron chi connectivity index (χ2n) is 5.19. The van der Waals surface area contributed by atoms with Gasteiger partial charge in [0.05, 0.1) is 5.69 Å². The van der Waals surface area contributed by atoms with Gasteiger partial charge < -0.3 is 0 Å². The van der Waals surface area contributed by atoms with Gasteiger partial charge >= 0.3 is 0 Å². The Bertz CT molecular complexity index is 1050. The van der Waals surface area contributed by atoms with E-state index < -0.39 is 0 Å². The molecule has 3 aromatic heterocycles. The van der Waals surface area contributed by atoms with Crippen LogP contribution >= 0.6 is 23.1 Å². The molecule has 0 aliphatic heterocycles. The molecule has 1 aromatic carbocycles. The molecule has 0 aliphatic rings. The SMILES string of the molecule is Cc1csc2nc(CSc3nncn3-c3ccccc3)cc(=O)n12. The van der Waals surface area contributed by atoms with E-state index in [9.17, 15) is 4.79 Å². The zero-order valence-electron chi connectivity index (χ0n) is 12.8. The molecule has 0 aliphatic carbocycles. The highest BCUT2D eigenvalue weighted by molar-refractivity contribution is 7.98. The van der Waals surface area contributed by atoms with Crippen LogP contribution in [-0.4, -0.2) is 24.1 Å². The lowest BCUT2D eigenvalue weighted by Gasteiger charge is -2.05.